The van der Waals surface area contributed by atoms with E-state index in [1.807, 2.05) is 13.0 Å². The fourth-order valence-corrected chi connectivity index (χ4v) is 2.06. The molecule has 0 radical (unpaired) electrons. The number of hydrogen-bond donors (Lipinski definition) is 0. The van der Waals surface area contributed by atoms with Gasteiger partial charge in [0, 0.05) is 0 Å². The zero-order valence-corrected chi connectivity index (χ0v) is 10.5. The summed E-state index contributed by atoms with van der Waals surface area (Å²) in [7, 11) is 0. The summed E-state index contributed by atoms with van der Waals surface area (Å²) in [4.78, 5) is 0. The summed E-state index contributed by atoms with van der Waals surface area (Å²) in [6.45, 7) is 4.37. The second kappa shape index (κ2) is 7.43. The Kier molecular flexibility index (Phi) is 6.14. The van der Waals surface area contributed by atoms with Gasteiger partial charge >= 0.3 is 0 Å². The molecule has 1 fully saturated rings. The van der Waals surface area contributed by atoms with E-state index in [2.05, 4.69) is 6.92 Å². The van der Waals surface area contributed by atoms with Crippen LogP contribution in [0.3, 0.4) is 0 Å². The van der Waals surface area contributed by atoms with Crippen LogP contribution in [0.4, 0.5) is 4.39 Å². The van der Waals surface area contributed by atoms with Crippen molar-refractivity contribution in [2.75, 3.05) is 0 Å². The van der Waals surface area contributed by atoms with Gasteiger partial charge in [0.15, 0.2) is 0 Å². The summed E-state index contributed by atoms with van der Waals surface area (Å²) in [5.74, 6) is 0.892. The first-order chi connectivity index (χ1) is 7.72. The molecule has 0 nitrogen and oxygen atoms in total. The van der Waals surface area contributed by atoms with E-state index in [1.54, 1.807) is 12.1 Å². The van der Waals surface area contributed by atoms with Gasteiger partial charge in [0.05, 0.1) is 0 Å². The number of rotatable bonds is 1. The lowest BCUT2D eigenvalue weighted by molar-refractivity contribution is 0.385. The van der Waals surface area contributed by atoms with Gasteiger partial charge in [-0.3, -0.25) is 0 Å². The summed E-state index contributed by atoms with van der Waals surface area (Å²) in [6, 6.07) is 6.66. The first kappa shape index (κ1) is 13.2. The van der Waals surface area contributed by atoms with E-state index in [0.717, 1.165) is 17.9 Å². The monoisotopic (exact) mass is 222 g/mol. The van der Waals surface area contributed by atoms with Crippen molar-refractivity contribution in [1.82, 2.24) is 0 Å². The van der Waals surface area contributed by atoms with E-state index in [0.29, 0.717) is 0 Å². The predicted octanol–water partition coefficient (Wildman–Crippen LogP) is 4.97. The van der Waals surface area contributed by atoms with Gasteiger partial charge in [-0.25, -0.2) is 4.39 Å². The summed E-state index contributed by atoms with van der Waals surface area (Å²) in [6.07, 6.45) is 8.34. The standard InChI is InChI=1S/C8H9F.C7H14/c1-2-7-4-3-5-8(9)6-7;1-7-5-3-2-4-6-7/h3-6H,2H2,1H3;7H,2-6H2,1H3. The molecule has 0 unspecified atom stereocenters. The molecule has 0 aromatic heterocycles. The van der Waals surface area contributed by atoms with Crippen LogP contribution in [-0.4, -0.2) is 0 Å². The predicted molar refractivity (Wildman–Crippen MR) is 68.0 cm³/mol. The van der Waals surface area contributed by atoms with Crippen molar-refractivity contribution in [3.8, 4) is 0 Å². The molecule has 0 amide bonds. The van der Waals surface area contributed by atoms with Crippen LogP contribution in [0.1, 0.15) is 51.5 Å². The van der Waals surface area contributed by atoms with Crippen LogP contribution in [0.5, 0.6) is 0 Å². The van der Waals surface area contributed by atoms with Crippen molar-refractivity contribution in [3.05, 3.63) is 35.6 Å². The molecule has 2 rings (SSSR count). The molecule has 1 heteroatoms. The average molecular weight is 222 g/mol. The Morgan fingerprint density at radius 2 is 1.88 bits per heavy atom. The normalized spacial score (nSPS) is 16.4. The molecule has 1 aromatic carbocycles. The van der Waals surface area contributed by atoms with Crippen molar-refractivity contribution >= 4 is 0 Å². The zero-order valence-electron chi connectivity index (χ0n) is 10.5. The van der Waals surface area contributed by atoms with Crippen LogP contribution < -0.4 is 0 Å². The Balaban J connectivity index is 0.000000165. The van der Waals surface area contributed by atoms with Gasteiger partial charge < -0.3 is 0 Å². The van der Waals surface area contributed by atoms with Crippen molar-refractivity contribution in [2.45, 2.75) is 52.4 Å². The smallest absolute Gasteiger partial charge is 0.123 e. The minimum Gasteiger partial charge on any atom is -0.207 e. The van der Waals surface area contributed by atoms with Gasteiger partial charge in [-0.15, -0.1) is 0 Å². The lowest BCUT2D eigenvalue weighted by atomic mass is 9.91. The Morgan fingerprint density at radius 3 is 2.25 bits per heavy atom. The van der Waals surface area contributed by atoms with E-state index < -0.39 is 0 Å². The van der Waals surface area contributed by atoms with Gasteiger partial charge in [-0.2, -0.15) is 0 Å². The molecule has 1 aliphatic rings. The summed E-state index contributed by atoms with van der Waals surface area (Å²) < 4.78 is 12.4. The van der Waals surface area contributed by atoms with Crippen molar-refractivity contribution in [3.63, 3.8) is 0 Å². The van der Waals surface area contributed by atoms with Crippen LogP contribution in [0.2, 0.25) is 0 Å². The molecule has 0 atom stereocenters. The second-order valence-electron chi connectivity index (χ2n) is 4.73. The quantitative estimate of drug-likeness (QED) is 0.629. The third kappa shape index (κ3) is 5.29. The Hall–Kier alpha value is -0.850. The molecular formula is C15H23F. The molecule has 0 heterocycles. The Morgan fingerprint density at radius 1 is 1.19 bits per heavy atom. The highest BCUT2D eigenvalue weighted by Crippen LogP contribution is 2.22. The van der Waals surface area contributed by atoms with Gasteiger partial charge in [-0.05, 0) is 30.0 Å². The number of halogens is 1. The summed E-state index contributed by atoms with van der Waals surface area (Å²) in [5.41, 5.74) is 1.05. The first-order valence-electron chi connectivity index (χ1n) is 6.46. The van der Waals surface area contributed by atoms with E-state index in [9.17, 15) is 4.39 Å². The van der Waals surface area contributed by atoms with Crippen LogP contribution in [0, 0.1) is 11.7 Å². The van der Waals surface area contributed by atoms with Crippen LogP contribution in [0.15, 0.2) is 24.3 Å². The fraction of sp³-hybridized carbons (Fsp3) is 0.600. The van der Waals surface area contributed by atoms with Gasteiger partial charge in [0.1, 0.15) is 5.82 Å². The first-order valence-corrected chi connectivity index (χ1v) is 6.46. The average Bonchev–Trinajstić information content (AvgIpc) is 2.31. The van der Waals surface area contributed by atoms with E-state index in [-0.39, 0.29) is 5.82 Å². The molecule has 0 aliphatic heterocycles. The highest BCUT2D eigenvalue weighted by molar-refractivity contribution is 5.15. The van der Waals surface area contributed by atoms with Crippen LogP contribution in [0.25, 0.3) is 0 Å². The molecule has 0 saturated heterocycles. The summed E-state index contributed by atoms with van der Waals surface area (Å²) >= 11 is 0. The summed E-state index contributed by atoms with van der Waals surface area (Å²) in [5, 5.41) is 0. The lowest BCUT2D eigenvalue weighted by Crippen LogP contribution is -1.99. The fourth-order valence-electron chi connectivity index (χ4n) is 2.06. The number of benzene rings is 1. The number of aryl methyl sites for hydroxylation is 1. The lowest BCUT2D eigenvalue weighted by Gasteiger charge is -2.15. The molecule has 0 spiro atoms. The third-order valence-corrected chi connectivity index (χ3v) is 3.19. The van der Waals surface area contributed by atoms with E-state index in [4.69, 9.17) is 0 Å². The molecule has 16 heavy (non-hydrogen) atoms. The molecule has 1 saturated carbocycles. The van der Waals surface area contributed by atoms with Crippen molar-refractivity contribution in [2.24, 2.45) is 5.92 Å². The third-order valence-electron chi connectivity index (χ3n) is 3.19. The van der Waals surface area contributed by atoms with Gasteiger partial charge in [-0.1, -0.05) is 58.1 Å². The largest absolute Gasteiger partial charge is 0.207 e. The molecule has 1 aliphatic carbocycles. The maximum Gasteiger partial charge on any atom is 0.123 e. The minimum atomic E-state index is -0.144. The van der Waals surface area contributed by atoms with Crippen molar-refractivity contribution < 1.29 is 4.39 Å². The van der Waals surface area contributed by atoms with E-state index in [1.165, 1.54) is 38.2 Å². The highest BCUT2D eigenvalue weighted by atomic mass is 19.1. The van der Waals surface area contributed by atoms with E-state index >= 15 is 0 Å². The maximum atomic E-state index is 12.4. The zero-order chi connectivity index (χ0) is 11.8. The number of hydrogen-bond acceptors (Lipinski definition) is 0. The van der Waals surface area contributed by atoms with Gasteiger partial charge in [0.2, 0.25) is 0 Å². The Labute approximate surface area is 98.9 Å². The highest BCUT2D eigenvalue weighted by Gasteiger charge is 2.05. The maximum absolute atomic E-state index is 12.4. The molecule has 0 N–H and O–H groups in total. The Bertz CT molecular complexity index is 287. The topological polar surface area (TPSA) is 0 Å². The van der Waals surface area contributed by atoms with Crippen molar-refractivity contribution in [1.29, 1.82) is 0 Å². The second-order valence-corrected chi connectivity index (χ2v) is 4.73. The molecule has 90 valence electrons. The SMILES string of the molecule is CC1CCCCC1.CCc1cccc(F)c1. The van der Waals surface area contributed by atoms with Crippen LogP contribution >= 0.6 is 0 Å². The molecule has 1 aromatic rings. The molecular weight excluding hydrogens is 199 g/mol. The van der Waals surface area contributed by atoms with Gasteiger partial charge in [0.25, 0.3) is 0 Å². The molecule has 0 bridgehead atoms. The minimum absolute atomic E-state index is 0.144. The van der Waals surface area contributed by atoms with Crippen LogP contribution in [-0.2, 0) is 6.42 Å².